The summed E-state index contributed by atoms with van der Waals surface area (Å²) in [6, 6.07) is 6.51. The van der Waals surface area contributed by atoms with Crippen LogP contribution in [0.1, 0.15) is 75.0 Å². The second-order valence-corrected chi connectivity index (χ2v) is 13.1. The lowest BCUT2D eigenvalue weighted by Crippen LogP contribution is -2.42. The molecule has 1 aliphatic carbocycles. The van der Waals surface area contributed by atoms with E-state index in [9.17, 15) is 14.0 Å². The van der Waals surface area contributed by atoms with Gasteiger partial charge in [-0.1, -0.05) is 0 Å². The second-order valence-electron chi connectivity index (χ2n) is 13.1. The number of hydrogen-bond acceptors (Lipinski definition) is 5. The van der Waals surface area contributed by atoms with E-state index in [0.29, 0.717) is 57.8 Å². The predicted octanol–water partition coefficient (Wildman–Crippen LogP) is 6.25. The van der Waals surface area contributed by atoms with Gasteiger partial charge >= 0.3 is 11.8 Å². The van der Waals surface area contributed by atoms with Crippen molar-refractivity contribution in [1.82, 2.24) is 33.6 Å². The molecule has 7 rings (SSSR count). The average Bonchev–Trinajstić information content (AvgIpc) is 3.43. The molecule has 5 aromatic rings. The molecule has 1 fully saturated rings. The summed E-state index contributed by atoms with van der Waals surface area (Å²) >= 11 is 0. The molecule has 0 spiro atoms. The van der Waals surface area contributed by atoms with E-state index in [0.717, 1.165) is 12.8 Å². The van der Waals surface area contributed by atoms with E-state index in [-0.39, 0.29) is 17.5 Å². The van der Waals surface area contributed by atoms with Crippen molar-refractivity contribution in [3.05, 3.63) is 87.4 Å². The third kappa shape index (κ3) is 4.74. The Bertz CT molecular complexity index is 2040. The molecule has 0 N–H and O–H groups in total. The SMILES string of the molecule is Cc1cc(-n2nc3c(c2-n2ccn(-c4ccc5c(cnn5C5CC5)c4F)c2=O)[C@H](C)N(C(=O)OC(C)(C)C)CC3)cc(C)c1F. The zero-order chi connectivity index (χ0) is 31.9. The van der Waals surface area contributed by atoms with Crippen molar-refractivity contribution in [2.45, 2.75) is 78.5 Å². The lowest BCUT2D eigenvalue weighted by Gasteiger charge is -2.34. The number of amides is 1. The number of carbonyl (C=O) groups is 1. The van der Waals surface area contributed by atoms with Crippen molar-refractivity contribution in [1.29, 1.82) is 0 Å². The molecule has 0 bridgehead atoms. The average molecular weight is 616 g/mol. The van der Waals surface area contributed by atoms with E-state index in [1.54, 1.807) is 53.9 Å². The van der Waals surface area contributed by atoms with Gasteiger partial charge in [-0.2, -0.15) is 10.2 Å². The second kappa shape index (κ2) is 10.1. The number of rotatable bonds is 4. The fraction of sp³-hybridized carbons (Fsp3) is 0.394. The minimum absolute atomic E-state index is 0.0958. The molecule has 3 aromatic heterocycles. The molecule has 1 aliphatic heterocycles. The predicted molar refractivity (Wildman–Crippen MR) is 164 cm³/mol. The lowest BCUT2D eigenvalue weighted by molar-refractivity contribution is 0.0159. The van der Waals surface area contributed by atoms with Gasteiger partial charge < -0.3 is 9.64 Å². The molecule has 1 amide bonds. The van der Waals surface area contributed by atoms with Gasteiger partial charge in [-0.3, -0.25) is 13.8 Å². The normalized spacial score (nSPS) is 16.8. The maximum absolute atomic E-state index is 15.9. The van der Waals surface area contributed by atoms with Gasteiger partial charge in [0.2, 0.25) is 0 Å². The van der Waals surface area contributed by atoms with Crippen LogP contribution < -0.4 is 5.69 Å². The zero-order valence-corrected chi connectivity index (χ0v) is 26.1. The topological polar surface area (TPSA) is 92.1 Å². The van der Waals surface area contributed by atoms with E-state index < -0.39 is 29.2 Å². The van der Waals surface area contributed by atoms with Crippen molar-refractivity contribution < 1.29 is 18.3 Å². The number of fused-ring (bicyclic) bond motifs is 2. The lowest BCUT2D eigenvalue weighted by atomic mass is 10.00. The highest BCUT2D eigenvalue weighted by molar-refractivity contribution is 5.82. The minimum atomic E-state index is -0.693. The van der Waals surface area contributed by atoms with Gasteiger partial charge in [0.05, 0.1) is 46.3 Å². The minimum Gasteiger partial charge on any atom is -0.444 e. The summed E-state index contributed by atoms with van der Waals surface area (Å²) in [5.41, 5.74) is 2.36. The van der Waals surface area contributed by atoms with Crippen molar-refractivity contribution >= 4 is 17.0 Å². The van der Waals surface area contributed by atoms with E-state index in [4.69, 9.17) is 9.84 Å². The van der Waals surface area contributed by atoms with E-state index in [1.165, 1.54) is 21.5 Å². The van der Waals surface area contributed by atoms with E-state index in [1.807, 2.05) is 32.4 Å². The number of hydrogen-bond donors (Lipinski definition) is 0. The first-order valence-corrected chi connectivity index (χ1v) is 15.2. The number of aryl methyl sites for hydroxylation is 2. The summed E-state index contributed by atoms with van der Waals surface area (Å²) in [5, 5.41) is 9.63. The third-order valence-corrected chi connectivity index (χ3v) is 8.59. The van der Waals surface area contributed by atoms with Crippen molar-refractivity contribution in [3.63, 3.8) is 0 Å². The van der Waals surface area contributed by atoms with E-state index in [2.05, 4.69) is 5.10 Å². The Morgan fingerprint density at radius 1 is 1.02 bits per heavy atom. The van der Waals surface area contributed by atoms with Gasteiger partial charge in [0.1, 0.15) is 17.2 Å². The molecule has 45 heavy (non-hydrogen) atoms. The Morgan fingerprint density at radius 3 is 2.38 bits per heavy atom. The molecule has 1 saturated carbocycles. The molecule has 0 radical (unpaired) electrons. The van der Waals surface area contributed by atoms with Gasteiger partial charge in [0.25, 0.3) is 0 Å². The number of aromatic nitrogens is 6. The number of carbonyl (C=O) groups excluding carboxylic acids is 1. The van der Waals surface area contributed by atoms with Crippen molar-refractivity contribution in [3.8, 4) is 17.2 Å². The van der Waals surface area contributed by atoms with Gasteiger partial charge in [0, 0.05) is 30.9 Å². The van der Waals surface area contributed by atoms with E-state index >= 15 is 4.39 Å². The first-order chi connectivity index (χ1) is 21.3. The monoisotopic (exact) mass is 615 g/mol. The van der Waals surface area contributed by atoms with Crippen LogP contribution in [0.3, 0.4) is 0 Å². The highest BCUT2D eigenvalue weighted by Gasteiger charge is 2.37. The van der Waals surface area contributed by atoms with Crippen LogP contribution in [0.2, 0.25) is 0 Å². The molecular formula is C33H35F2N7O3. The van der Waals surface area contributed by atoms with Crippen molar-refractivity contribution in [2.24, 2.45) is 0 Å². The smallest absolute Gasteiger partial charge is 0.410 e. The zero-order valence-electron chi connectivity index (χ0n) is 26.1. The number of benzene rings is 2. The maximum atomic E-state index is 15.9. The summed E-state index contributed by atoms with van der Waals surface area (Å²) in [6.45, 7) is 11.0. The van der Waals surface area contributed by atoms with Crippen LogP contribution in [0.5, 0.6) is 0 Å². The van der Waals surface area contributed by atoms with Gasteiger partial charge in [-0.15, -0.1) is 0 Å². The Labute approximate surface area is 258 Å². The summed E-state index contributed by atoms with van der Waals surface area (Å²) in [7, 11) is 0. The molecule has 2 aromatic carbocycles. The molecule has 4 heterocycles. The fourth-order valence-electron chi connectivity index (χ4n) is 6.27. The first kappa shape index (κ1) is 29.0. The number of imidazole rings is 1. The van der Waals surface area contributed by atoms with Gasteiger partial charge in [-0.05, 0) is 89.8 Å². The Kier molecular flexibility index (Phi) is 6.54. The van der Waals surface area contributed by atoms with Crippen LogP contribution in [-0.4, -0.2) is 51.8 Å². The highest BCUT2D eigenvalue weighted by atomic mass is 19.1. The Balaban J connectivity index is 1.39. The van der Waals surface area contributed by atoms with Crippen molar-refractivity contribution in [2.75, 3.05) is 6.54 Å². The van der Waals surface area contributed by atoms with Crippen LogP contribution in [-0.2, 0) is 11.2 Å². The fourth-order valence-corrected chi connectivity index (χ4v) is 6.27. The molecule has 0 unspecified atom stereocenters. The first-order valence-electron chi connectivity index (χ1n) is 15.2. The maximum Gasteiger partial charge on any atom is 0.410 e. The highest BCUT2D eigenvalue weighted by Crippen LogP contribution is 2.38. The largest absolute Gasteiger partial charge is 0.444 e. The molecule has 1 atom stereocenters. The van der Waals surface area contributed by atoms with Crippen LogP contribution in [0.15, 0.2) is 47.7 Å². The summed E-state index contributed by atoms with van der Waals surface area (Å²) < 4.78 is 42.4. The standard InChI is InChI=1S/C33H35F2N7O3/c1-18-15-22(16-19(2)28(18)34)42-30(27-20(3)38(12-11-24(27)37-42)32(44)45-33(4,5)6)40-14-13-39(31(40)43)26-10-9-25-23(29(26)35)17-36-41(25)21-7-8-21/h9-10,13-17,20-21H,7-8,11-12H2,1-6H3/t20-/m0/s1. The summed E-state index contributed by atoms with van der Waals surface area (Å²) in [5.74, 6) is -0.465. The summed E-state index contributed by atoms with van der Waals surface area (Å²) in [4.78, 5) is 29.0. The number of ether oxygens (including phenoxy) is 1. The van der Waals surface area contributed by atoms with Gasteiger partial charge in [0.15, 0.2) is 5.82 Å². The molecule has 2 aliphatic rings. The molecule has 234 valence electrons. The Hall–Kier alpha value is -4.74. The number of nitrogens with zero attached hydrogens (tertiary/aromatic N) is 7. The molecular weight excluding hydrogens is 580 g/mol. The van der Waals surface area contributed by atoms with Gasteiger partial charge in [-0.25, -0.2) is 23.1 Å². The molecule has 0 saturated heterocycles. The van der Waals surface area contributed by atoms with Crippen LogP contribution >= 0.6 is 0 Å². The van der Waals surface area contributed by atoms with Crippen LogP contribution in [0.4, 0.5) is 13.6 Å². The number of halogens is 2. The molecule has 10 nitrogen and oxygen atoms in total. The van der Waals surface area contributed by atoms with Crippen LogP contribution in [0, 0.1) is 25.5 Å². The summed E-state index contributed by atoms with van der Waals surface area (Å²) in [6.07, 6.45) is 6.56. The third-order valence-electron chi connectivity index (χ3n) is 8.59. The Morgan fingerprint density at radius 2 is 1.71 bits per heavy atom. The molecule has 12 heteroatoms. The quantitative estimate of drug-likeness (QED) is 0.239. The van der Waals surface area contributed by atoms with Crippen LogP contribution in [0.25, 0.3) is 28.1 Å².